The van der Waals surface area contributed by atoms with Crippen molar-refractivity contribution in [3.63, 3.8) is 0 Å². The lowest BCUT2D eigenvalue weighted by molar-refractivity contribution is -0.114. The van der Waals surface area contributed by atoms with Crippen LogP contribution in [-0.4, -0.2) is 35.1 Å². The number of sulfonamides is 1. The first kappa shape index (κ1) is 24.7. The summed E-state index contributed by atoms with van der Waals surface area (Å²) in [6.07, 6.45) is 0. The number of methoxy groups -OCH3 is 2. The smallest absolute Gasteiger partial charge is 0.264 e. The van der Waals surface area contributed by atoms with Crippen LogP contribution in [0.5, 0.6) is 11.5 Å². The number of ether oxygens (including phenoxy) is 2. The van der Waals surface area contributed by atoms with Crippen LogP contribution in [0, 0.1) is 6.92 Å². The number of nitrogens with one attached hydrogen (secondary N) is 1. The molecule has 0 saturated heterocycles. The third kappa shape index (κ3) is 5.71. The standard InChI is InChI=1S/C23H22Cl2N2O5S/c1-15-4-7-17(12-20(15)25)26-23(28)14-27(18-8-5-16(24)6-9-18)33(29,30)19-10-11-21(31-2)22(13-19)32-3/h4-13H,14H2,1-3H3,(H,26,28). The number of benzene rings is 3. The number of carbonyl (C=O) groups excluding carboxylic acids is 1. The second kappa shape index (κ2) is 10.3. The number of rotatable bonds is 8. The van der Waals surface area contributed by atoms with Gasteiger partial charge in [0.1, 0.15) is 6.54 Å². The lowest BCUT2D eigenvalue weighted by Gasteiger charge is -2.24. The third-order valence-corrected chi connectivity index (χ3v) is 7.23. The lowest BCUT2D eigenvalue weighted by atomic mass is 10.2. The van der Waals surface area contributed by atoms with Gasteiger partial charge in [0.05, 0.1) is 24.8 Å². The van der Waals surface area contributed by atoms with E-state index >= 15 is 0 Å². The van der Waals surface area contributed by atoms with Crippen molar-refractivity contribution < 1.29 is 22.7 Å². The number of nitrogens with zero attached hydrogens (tertiary/aromatic N) is 1. The lowest BCUT2D eigenvalue weighted by Crippen LogP contribution is -2.38. The third-order valence-electron chi connectivity index (χ3n) is 4.80. The number of carbonyl (C=O) groups is 1. The first-order valence-corrected chi connectivity index (χ1v) is 11.9. The summed E-state index contributed by atoms with van der Waals surface area (Å²) in [5.41, 5.74) is 1.58. The minimum absolute atomic E-state index is 0.0683. The topological polar surface area (TPSA) is 84.9 Å². The van der Waals surface area contributed by atoms with Crippen molar-refractivity contribution in [2.45, 2.75) is 11.8 Å². The molecule has 0 atom stereocenters. The van der Waals surface area contributed by atoms with E-state index in [9.17, 15) is 13.2 Å². The fourth-order valence-electron chi connectivity index (χ4n) is 3.03. The molecule has 0 aliphatic carbocycles. The van der Waals surface area contributed by atoms with Crippen LogP contribution in [0.4, 0.5) is 11.4 Å². The molecule has 0 saturated carbocycles. The van der Waals surface area contributed by atoms with Gasteiger partial charge in [-0.2, -0.15) is 0 Å². The molecule has 33 heavy (non-hydrogen) atoms. The molecule has 0 radical (unpaired) electrons. The monoisotopic (exact) mass is 508 g/mol. The van der Waals surface area contributed by atoms with Gasteiger partial charge in [-0.15, -0.1) is 0 Å². The van der Waals surface area contributed by atoms with Gasteiger partial charge in [-0.05, 0) is 61.0 Å². The predicted molar refractivity (Wildman–Crippen MR) is 130 cm³/mol. The molecular weight excluding hydrogens is 487 g/mol. The maximum atomic E-state index is 13.6. The molecule has 7 nitrogen and oxygen atoms in total. The van der Waals surface area contributed by atoms with Crippen LogP contribution in [0.25, 0.3) is 0 Å². The largest absolute Gasteiger partial charge is 0.493 e. The molecule has 0 bridgehead atoms. The molecule has 0 aliphatic heterocycles. The minimum Gasteiger partial charge on any atom is -0.493 e. The van der Waals surface area contributed by atoms with Crippen molar-refractivity contribution in [2.75, 3.05) is 30.4 Å². The second-order valence-electron chi connectivity index (χ2n) is 7.02. The Bertz CT molecular complexity index is 1260. The van der Waals surface area contributed by atoms with Gasteiger partial charge >= 0.3 is 0 Å². The molecule has 3 aromatic carbocycles. The zero-order valence-electron chi connectivity index (χ0n) is 18.1. The van der Waals surface area contributed by atoms with Crippen molar-refractivity contribution in [1.82, 2.24) is 0 Å². The van der Waals surface area contributed by atoms with Gasteiger partial charge in [0, 0.05) is 21.8 Å². The van der Waals surface area contributed by atoms with Crippen molar-refractivity contribution >= 4 is 50.5 Å². The first-order chi connectivity index (χ1) is 15.6. The predicted octanol–water partition coefficient (Wildman–Crippen LogP) is 5.15. The maximum absolute atomic E-state index is 13.6. The van der Waals surface area contributed by atoms with Gasteiger partial charge in [0.2, 0.25) is 5.91 Å². The van der Waals surface area contributed by atoms with Crippen LogP contribution in [0.2, 0.25) is 10.0 Å². The van der Waals surface area contributed by atoms with Gasteiger partial charge in [0.25, 0.3) is 10.0 Å². The van der Waals surface area contributed by atoms with Crippen molar-refractivity contribution in [3.05, 3.63) is 76.3 Å². The fraction of sp³-hybridized carbons (Fsp3) is 0.174. The summed E-state index contributed by atoms with van der Waals surface area (Å²) < 4.78 is 38.6. The van der Waals surface area contributed by atoms with Crippen molar-refractivity contribution in [1.29, 1.82) is 0 Å². The first-order valence-electron chi connectivity index (χ1n) is 9.72. The zero-order valence-corrected chi connectivity index (χ0v) is 20.5. The Labute approximate surface area is 202 Å². The van der Waals surface area contributed by atoms with Crippen LogP contribution in [0.1, 0.15) is 5.56 Å². The average molecular weight is 509 g/mol. The molecule has 0 unspecified atom stereocenters. The van der Waals surface area contributed by atoms with E-state index in [4.69, 9.17) is 32.7 Å². The molecule has 0 heterocycles. The number of amides is 1. The molecule has 0 spiro atoms. The van der Waals surface area contributed by atoms with Crippen molar-refractivity contribution in [2.24, 2.45) is 0 Å². The van der Waals surface area contributed by atoms with Crippen LogP contribution < -0.4 is 19.1 Å². The molecule has 0 aliphatic rings. The number of hydrogen-bond donors (Lipinski definition) is 1. The zero-order chi connectivity index (χ0) is 24.2. The van der Waals surface area contributed by atoms with Gasteiger partial charge in [0.15, 0.2) is 11.5 Å². The normalized spacial score (nSPS) is 11.1. The van der Waals surface area contributed by atoms with Crippen molar-refractivity contribution in [3.8, 4) is 11.5 Å². The number of aryl methyl sites for hydroxylation is 1. The highest BCUT2D eigenvalue weighted by molar-refractivity contribution is 7.92. The summed E-state index contributed by atoms with van der Waals surface area (Å²) in [6, 6.07) is 15.4. The van der Waals surface area contributed by atoms with E-state index in [1.54, 1.807) is 30.3 Å². The molecule has 1 amide bonds. The van der Waals surface area contributed by atoms with E-state index in [1.807, 2.05) is 6.92 Å². The number of hydrogen-bond acceptors (Lipinski definition) is 5. The molecule has 174 valence electrons. The van der Waals surface area contributed by atoms with E-state index in [-0.39, 0.29) is 16.3 Å². The maximum Gasteiger partial charge on any atom is 0.264 e. The van der Waals surface area contributed by atoms with Gasteiger partial charge in [-0.3, -0.25) is 9.10 Å². The Morgan fingerprint density at radius 1 is 0.939 bits per heavy atom. The summed E-state index contributed by atoms with van der Waals surface area (Å²) in [4.78, 5) is 12.8. The van der Waals surface area contributed by atoms with Gasteiger partial charge in [-0.1, -0.05) is 29.3 Å². The molecule has 3 rings (SSSR count). The van der Waals surface area contributed by atoms with E-state index in [1.165, 1.54) is 44.6 Å². The molecule has 1 N–H and O–H groups in total. The van der Waals surface area contributed by atoms with E-state index in [2.05, 4.69) is 5.32 Å². The molecule has 10 heteroatoms. The van der Waals surface area contributed by atoms with E-state index in [0.29, 0.717) is 21.5 Å². The van der Waals surface area contributed by atoms with Crippen LogP contribution in [0.3, 0.4) is 0 Å². The van der Waals surface area contributed by atoms with Gasteiger partial charge < -0.3 is 14.8 Å². The minimum atomic E-state index is -4.16. The van der Waals surface area contributed by atoms with Crippen LogP contribution in [0.15, 0.2) is 65.6 Å². The molecule has 0 aromatic heterocycles. The highest BCUT2D eigenvalue weighted by atomic mass is 35.5. The summed E-state index contributed by atoms with van der Waals surface area (Å²) in [6.45, 7) is 1.36. The van der Waals surface area contributed by atoms with E-state index < -0.39 is 22.5 Å². The average Bonchev–Trinajstić information content (AvgIpc) is 2.80. The summed E-state index contributed by atoms with van der Waals surface area (Å²) in [5.74, 6) is 0.0748. The Kier molecular flexibility index (Phi) is 7.73. The number of anilines is 2. The summed E-state index contributed by atoms with van der Waals surface area (Å²) >= 11 is 12.1. The second-order valence-corrected chi connectivity index (χ2v) is 9.72. The van der Waals surface area contributed by atoms with Crippen LogP contribution >= 0.6 is 23.2 Å². The Hall–Kier alpha value is -2.94. The molecule has 3 aromatic rings. The van der Waals surface area contributed by atoms with Gasteiger partial charge in [-0.25, -0.2) is 8.42 Å². The summed E-state index contributed by atoms with van der Waals surface area (Å²) in [7, 11) is -1.30. The fourth-order valence-corrected chi connectivity index (χ4v) is 4.77. The molecule has 0 fully saturated rings. The highest BCUT2D eigenvalue weighted by Gasteiger charge is 2.28. The Morgan fingerprint density at radius 3 is 2.21 bits per heavy atom. The Balaban J connectivity index is 1.98. The quantitative estimate of drug-likeness (QED) is 0.454. The SMILES string of the molecule is COc1ccc(S(=O)(=O)N(CC(=O)Nc2ccc(C)c(Cl)c2)c2ccc(Cl)cc2)cc1OC. The van der Waals surface area contributed by atoms with E-state index in [0.717, 1.165) is 9.87 Å². The summed E-state index contributed by atoms with van der Waals surface area (Å²) in [5, 5.41) is 3.60. The van der Waals surface area contributed by atoms with Crippen LogP contribution in [-0.2, 0) is 14.8 Å². The highest BCUT2D eigenvalue weighted by Crippen LogP contribution is 2.32. The molecular formula is C23H22Cl2N2O5S. The number of halogens is 2. The Morgan fingerprint density at radius 2 is 1.61 bits per heavy atom.